The van der Waals surface area contributed by atoms with Gasteiger partial charge in [-0.25, -0.2) is 4.98 Å². The Hall–Kier alpha value is -1.59. The maximum absolute atomic E-state index is 5.63. The topological polar surface area (TPSA) is 46.2 Å². The van der Waals surface area contributed by atoms with Crippen LogP contribution in [0.15, 0.2) is 29.1 Å². The van der Waals surface area contributed by atoms with Crippen molar-refractivity contribution in [3.63, 3.8) is 0 Å². The normalized spacial score (nSPS) is 23.0. The van der Waals surface area contributed by atoms with Crippen LogP contribution in [0.1, 0.15) is 36.1 Å². The Labute approximate surface area is 132 Å². The van der Waals surface area contributed by atoms with E-state index in [1.54, 1.807) is 0 Å². The molecule has 5 heteroatoms. The Balaban J connectivity index is 1.63. The van der Waals surface area contributed by atoms with Crippen molar-refractivity contribution in [2.75, 3.05) is 20.1 Å². The number of aryl methyl sites for hydroxylation is 2. The van der Waals surface area contributed by atoms with Crippen molar-refractivity contribution in [3.05, 3.63) is 41.9 Å². The third kappa shape index (κ3) is 3.25. The van der Waals surface area contributed by atoms with Gasteiger partial charge < -0.3 is 14.3 Å². The lowest BCUT2D eigenvalue weighted by molar-refractivity contribution is 0.113. The van der Waals surface area contributed by atoms with Gasteiger partial charge >= 0.3 is 0 Å². The van der Waals surface area contributed by atoms with Crippen LogP contribution in [-0.2, 0) is 13.6 Å². The van der Waals surface area contributed by atoms with E-state index in [1.165, 1.54) is 18.5 Å². The van der Waals surface area contributed by atoms with Crippen LogP contribution in [0.2, 0.25) is 0 Å². The van der Waals surface area contributed by atoms with E-state index in [0.717, 1.165) is 31.2 Å². The van der Waals surface area contributed by atoms with Crippen LogP contribution >= 0.6 is 0 Å². The number of nitrogens with zero attached hydrogens (tertiary/aromatic N) is 3. The Kier molecular flexibility index (Phi) is 4.64. The highest BCUT2D eigenvalue weighted by molar-refractivity contribution is 5.09. The zero-order valence-electron chi connectivity index (χ0n) is 13.7. The standard InChI is InChI=1S/C17H26N4O/c1-13-6-7-15(22-13)10-18-9-14-5-4-8-20(2)17(14)16-11-19-12-21(16)3/h6-7,11-12,14,17-18H,4-5,8-10H2,1-3H3/t14-,17+/m0/s1. The molecule has 0 bridgehead atoms. The first-order valence-corrected chi connectivity index (χ1v) is 8.07. The molecule has 0 saturated carbocycles. The molecule has 1 saturated heterocycles. The summed E-state index contributed by atoms with van der Waals surface area (Å²) in [4.78, 5) is 6.76. The highest BCUT2D eigenvalue weighted by Crippen LogP contribution is 2.34. The lowest BCUT2D eigenvalue weighted by atomic mass is 9.87. The van der Waals surface area contributed by atoms with Crippen molar-refractivity contribution in [2.45, 2.75) is 32.4 Å². The fourth-order valence-corrected chi connectivity index (χ4v) is 3.55. The van der Waals surface area contributed by atoms with Gasteiger partial charge in [0.05, 0.1) is 24.6 Å². The van der Waals surface area contributed by atoms with Crippen LogP contribution < -0.4 is 5.32 Å². The minimum atomic E-state index is 0.437. The van der Waals surface area contributed by atoms with Crippen LogP contribution in [0.3, 0.4) is 0 Å². The molecule has 1 aliphatic rings. The molecule has 0 aliphatic carbocycles. The third-order valence-corrected chi connectivity index (χ3v) is 4.67. The van der Waals surface area contributed by atoms with Gasteiger partial charge in [0.15, 0.2) is 0 Å². The van der Waals surface area contributed by atoms with Crippen molar-refractivity contribution < 1.29 is 4.42 Å². The summed E-state index contributed by atoms with van der Waals surface area (Å²) in [7, 11) is 4.31. The predicted molar refractivity (Wildman–Crippen MR) is 86.5 cm³/mol. The van der Waals surface area contributed by atoms with E-state index in [4.69, 9.17) is 4.42 Å². The molecule has 22 heavy (non-hydrogen) atoms. The van der Waals surface area contributed by atoms with Crippen molar-refractivity contribution in [1.82, 2.24) is 19.8 Å². The van der Waals surface area contributed by atoms with Gasteiger partial charge in [-0.15, -0.1) is 0 Å². The molecule has 3 heterocycles. The van der Waals surface area contributed by atoms with Crippen molar-refractivity contribution in [3.8, 4) is 0 Å². The molecule has 0 unspecified atom stereocenters. The number of nitrogens with one attached hydrogen (secondary N) is 1. The van der Waals surface area contributed by atoms with Gasteiger partial charge in [0, 0.05) is 19.8 Å². The third-order valence-electron chi connectivity index (χ3n) is 4.67. The van der Waals surface area contributed by atoms with Crippen LogP contribution in [0.5, 0.6) is 0 Å². The number of hydrogen-bond donors (Lipinski definition) is 1. The highest BCUT2D eigenvalue weighted by atomic mass is 16.3. The highest BCUT2D eigenvalue weighted by Gasteiger charge is 2.31. The molecule has 1 fully saturated rings. The molecule has 120 valence electrons. The van der Waals surface area contributed by atoms with Gasteiger partial charge in [0.25, 0.3) is 0 Å². The van der Waals surface area contributed by atoms with E-state index in [2.05, 4.69) is 33.9 Å². The van der Waals surface area contributed by atoms with Gasteiger partial charge in [-0.1, -0.05) is 0 Å². The zero-order chi connectivity index (χ0) is 15.5. The lowest BCUT2D eigenvalue weighted by Crippen LogP contribution is -2.41. The minimum absolute atomic E-state index is 0.437. The number of rotatable bonds is 5. The van der Waals surface area contributed by atoms with Gasteiger partial charge in [0.1, 0.15) is 11.5 Å². The van der Waals surface area contributed by atoms with Gasteiger partial charge in [-0.05, 0) is 51.4 Å². The first kappa shape index (κ1) is 15.3. The number of piperidine rings is 1. The number of imidazole rings is 1. The molecule has 2 aromatic heterocycles. The molecule has 0 spiro atoms. The Morgan fingerprint density at radius 1 is 1.36 bits per heavy atom. The molecule has 5 nitrogen and oxygen atoms in total. The second-order valence-electron chi connectivity index (χ2n) is 6.40. The molecular formula is C17H26N4O. The summed E-state index contributed by atoms with van der Waals surface area (Å²) in [5.41, 5.74) is 1.31. The van der Waals surface area contributed by atoms with Crippen LogP contribution in [-0.4, -0.2) is 34.6 Å². The molecule has 2 aromatic rings. The maximum Gasteiger partial charge on any atom is 0.117 e. The van der Waals surface area contributed by atoms with E-state index in [-0.39, 0.29) is 0 Å². The van der Waals surface area contributed by atoms with Gasteiger partial charge in [-0.3, -0.25) is 4.90 Å². The lowest BCUT2D eigenvalue weighted by Gasteiger charge is -2.39. The van der Waals surface area contributed by atoms with E-state index >= 15 is 0 Å². The number of aromatic nitrogens is 2. The molecule has 2 atom stereocenters. The first-order chi connectivity index (χ1) is 10.6. The summed E-state index contributed by atoms with van der Waals surface area (Å²) in [6.45, 7) is 4.94. The van der Waals surface area contributed by atoms with Crippen LogP contribution in [0, 0.1) is 12.8 Å². The summed E-state index contributed by atoms with van der Waals surface area (Å²) in [6.07, 6.45) is 6.42. The molecule has 1 aliphatic heterocycles. The summed E-state index contributed by atoms with van der Waals surface area (Å²) >= 11 is 0. The molecule has 1 N–H and O–H groups in total. The number of likely N-dealkylation sites (tertiary alicyclic amines) is 1. The number of hydrogen-bond acceptors (Lipinski definition) is 4. The first-order valence-electron chi connectivity index (χ1n) is 8.07. The van der Waals surface area contributed by atoms with E-state index in [1.807, 2.05) is 31.6 Å². The summed E-state index contributed by atoms with van der Waals surface area (Å²) in [6, 6.07) is 4.50. The van der Waals surface area contributed by atoms with Crippen LogP contribution in [0.4, 0.5) is 0 Å². The average molecular weight is 302 g/mol. The quantitative estimate of drug-likeness (QED) is 0.922. The monoisotopic (exact) mass is 302 g/mol. The van der Waals surface area contributed by atoms with Crippen LogP contribution in [0.25, 0.3) is 0 Å². The second-order valence-corrected chi connectivity index (χ2v) is 6.40. The summed E-state index contributed by atoms with van der Waals surface area (Å²) in [5, 5.41) is 3.57. The Morgan fingerprint density at radius 2 is 2.23 bits per heavy atom. The second kappa shape index (κ2) is 6.67. The van der Waals surface area contributed by atoms with Gasteiger partial charge in [0.2, 0.25) is 0 Å². The largest absolute Gasteiger partial charge is 0.465 e. The number of furan rings is 1. The maximum atomic E-state index is 5.63. The zero-order valence-corrected chi connectivity index (χ0v) is 13.7. The van der Waals surface area contributed by atoms with Crippen molar-refractivity contribution >= 4 is 0 Å². The van der Waals surface area contributed by atoms with E-state index in [9.17, 15) is 0 Å². The fraction of sp³-hybridized carbons (Fsp3) is 0.588. The molecule has 0 amide bonds. The predicted octanol–water partition coefficient (Wildman–Crippen LogP) is 2.49. The van der Waals surface area contributed by atoms with E-state index < -0.39 is 0 Å². The molecule has 3 rings (SSSR count). The SMILES string of the molecule is Cc1ccc(CNC[C@@H]2CCCN(C)[C@H]2c2cncn2C)o1. The van der Waals surface area contributed by atoms with Crippen molar-refractivity contribution in [1.29, 1.82) is 0 Å². The minimum Gasteiger partial charge on any atom is -0.465 e. The van der Waals surface area contributed by atoms with Crippen molar-refractivity contribution in [2.24, 2.45) is 13.0 Å². The molecule has 0 aromatic carbocycles. The summed E-state index contributed by atoms with van der Waals surface area (Å²) < 4.78 is 7.77. The Morgan fingerprint density at radius 3 is 2.91 bits per heavy atom. The van der Waals surface area contributed by atoms with E-state index in [0.29, 0.717) is 12.0 Å². The van der Waals surface area contributed by atoms with Gasteiger partial charge in [-0.2, -0.15) is 0 Å². The summed E-state index contributed by atoms with van der Waals surface area (Å²) in [5.74, 6) is 2.59. The fourth-order valence-electron chi connectivity index (χ4n) is 3.55. The molecular weight excluding hydrogens is 276 g/mol. The smallest absolute Gasteiger partial charge is 0.117 e. The Bertz CT molecular complexity index is 603. The average Bonchev–Trinajstić information content (AvgIpc) is 3.08. The molecule has 0 radical (unpaired) electrons.